The van der Waals surface area contributed by atoms with Gasteiger partial charge in [0, 0.05) is 26.2 Å². The summed E-state index contributed by atoms with van der Waals surface area (Å²) in [6.45, 7) is 7.87. The summed E-state index contributed by atoms with van der Waals surface area (Å²) in [5.41, 5.74) is 0.964. The Bertz CT molecular complexity index is 302. The molecule has 0 amide bonds. The molecule has 17 heavy (non-hydrogen) atoms. The maximum absolute atomic E-state index is 8.81. The third-order valence-electron chi connectivity index (χ3n) is 2.53. The zero-order chi connectivity index (χ0) is 12.5. The lowest BCUT2D eigenvalue weighted by Gasteiger charge is -2.19. The molecule has 0 unspecified atom stereocenters. The molecule has 0 spiro atoms. The van der Waals surface area contributed by atoms with Crippen LogP contribution in [0.15, 0.2) is 12.4 Å². The molecule has 1 aromatic heterocycles. The monoisotopic (exact) mass is 238 g/mol. The summed E-state index contributed by atoms with van der Waals surface area (Å²) in [6, 6.07) is 0. The molecule has 0 aromatic carbocycles. The fourth-order valence-corrected chi connectivity index (χ4v) is 1.58. The lowest BCUT2D eigenvalue weighted by Crippen LogP contribution is -2.25. The van der Waals surface area contributed by atoms with Gasteiger partial charge in [0.2, 0.25) is 0 Å². The van der Waals surface area contributed by atoms with Crippen molar-refractivity contribution in [2.45, 2.75) is 26.8 Å². The number of hydrogen-bond acceptors (Lipinski definition) is 5. The fourth-order valence-electron chi connectivity index (χ4n) is 1.58. The minimum Gasteiger partial charge on any atom is -0.396 e. The van der Waals surface area contributed by atoms with E-state index in [2.05, 4.69) is 27.1 Å². The van der Waals surface area contributed by atoms with Gasteiger partial charge in [-0.1, -0.05) is 6.92 Å². The van der Waals surface area contributed by atoms with Crippen LogP contribution in [0.3, 0.4) is 0 Å². The van der Waals surface area contributed by atoms with Crippen molar-refractivity contribution in [1.82, 2.24) is 14.9 Å². The standard InChI is InChI=1S/C12H22N4O/c1-3-13-12-9-14-11(8-15-12)10-16(4-2)6-5-7-17/h8-9,17H,3-7,10H2,1-2H3,(H,13,15). The Kier molecular flexibility index (Phi) is 6.50. The van der Waals surface area contributed by atoms with Gasteiger partial charge in [0.1, 0.15) is 5.82 Å². The van der Waals surface area contributed by atoms with Crippen molar-refractivity contribution in [3.8, 4) is 0 Å². The second kappa shape index (κ2) is 7.97. The third-order valence-corrected chi connectivity index (χ3v) is 2.53. The molecule has 0 atom stereocenters. The zero-order valence-electron chi connectivity index (χ0n) is 10.7. The molecule has 0 aliphatic carbocycles. The number of anilines is 1. The number of aliphatic hydroxyl groups excluding tert-OH is 1. The number of hydrogen-bond donors (Lipinski definition) is 2. The molecule has 96 valence electrons. The van der Waals surface area contributed by atoms with E-state index in [4.69, 9.17) is 5.11 Å². The zero-order valence-corrected chi connectivity index (χ0v) is 10.7. The smallest absolute Gasteiger partial charge is 0.144 e. The van der Waals surface area contributed by atoms with Crippen LogP contribution in [0, 0.1) is 0 Å². The highest BCUT2D eigenvalue weighted by Gasteiger charge is 2.04. The summed E-state index contributed by atoms with van der Waals surface area (Å²) in [5.74, 6) is 0.814. The van der Waals surface area contributed by atoms with E-state index >= 15 is 0 Å². The van der Waals surface area contributed by atoms with Gasteiger partial charge < -0.3 is 10.4 Å². The Hall–Kier alpha value is -1.20. The molecule has 0 fully saturated rings. The first-order valence-corrected chi connectivity index (χ1v) is 6.18. The van der Waals surface area contributed by atoms with Crippen LogP contribution in [-0.2, 0) is 6.54 Å². The molecular weight excluding hydrogens is 216 g/mol. The highest BCUT2D eigenvalue weighted by Crippen LogP contribution is 2.04. The quantitative estimate of drug-likeness (QED) is 0.710. The molecule has 5 heteroatoms. The molecule has 5 nitrogen and oxygen atoms in total. The van der Waals surface area contributed by atoms with Crippen molar-refractivity contribution in [3.05, 3.63) is 18.1 Å². The van der Waals surface area contributed by atoms with Crippen LogP contribution in [0.25, 0.3) is 0 Å². The molecular formula is C12H22N4O. The van der Waals surface area contributed by atoms with E-state index in [1.807, 2.05) is 6.92 Å². The lowest BCUT2D eigenvalue weighted by molar-refractivity contribution is 0.224. The molecule has 2 N–H and O–H groups in total. The van der Waals surface area contributed by atoms with Gasteiger partial charge in [-0.25, -0.2) is 4.98 Å². The number of nitrogens with one attached hydrogen (secondary N) is 1. The normalized spacial score (nSPS) is 10.8. The summed E-state index contributed by atoms with van der Waals surface area (Å²) in [7, 11) is 0. The highest BCUT2D eigenvalue weighted by atomic mass is 16.3. The predicted molar refractivity (Wildman–Crippen MR) is 68.8 cm³/mol. The van der Waals surface area contributed by atoms with Crippen LogP contribution >= 0.6 is 0 Å². The van der Waals surface area contributed by atoms with Gasteiger partial charge in [0.15, 0.2) is 0 Å². The first kappa shape index (κ1) is 13.9. The molecule has 1 aromatic rings. The Labute approximate surface area is 103 Å². The number of rotatable bonds is 8. The summed E-state index contributed by atoms with van der Waals surface area (Å²) in [5, 5.41) is 11.9. The number of aromatic nitrogens is 2. The van der Waals surface area contributed by atoms with Crippen molar-refractivity contribution in [1.29, 1.82) is 0 Å². The average molecular weight is 238 g/mol. The van der Waals surface area contributed by atoms with Crippen LogP contribution in [0.2, 0.25) is 0 Å². The van der Waals surface area contributed by atoms with Crippen molar-refractivity contribution in [3.63, 3.8) is 0 Å². The van der Waals surface area contributed by atoms with Gasteiger partial charge in [-0.2, -0.15) is 0 Å². The van der Waals surface area contributed by atoms with Gasteiger partial charge >= 0.3 is 0 Å². The van der Waals surface area contributed by atoms with Gasteiger partial charge in [0.05, 0.1) is 18.1 Å². The third kappa shape index (κ3) is 5.10. The van der Waals surface area contributed by atoms with Crippen LogP contribution in [0.4, 0.5) is 5.82 Å². The van der Waals surface area contributed by atoms with Gasteiger partial charge in [0.25, 0.3) is 0 Å². The van der Waals surface area contributed by atoms with E-state index in [0.717, 1.165) is 44.1 Å². The van der Waals surface area contributed by atoms with E-state index in [-0.39, 0.29) is 6.61 Å². The van der Waals surface area contributed by atoms with Crippen molar-refractivity contribution < 1.29 is 5.11 Å². The number of aliphatic hydroxyl groups is 1. The van der Waals surface area contributed by atoms with E-state index in [1.54, 1.807) is 12.4 Å². The molecule has 0 saturated carbocycles. The Morgan fingerprint density at radius 3 is 2.65 bits per heavy atom. The molecule has 1 heterocycles. The molecule has 0 saturated heterocycles. The van der Waals surface area contributed by atoms with E-state index in [9.17, 15) is 0 Å². The topological polar surface area (TPSA) is 61.3 Å². The van der Waals surface area contributed by atoms with E-state index < -0.39 is 0 Å². The first-order chi connectivity index (χ1) is 8.30. The average Bonchev–Trinajstić information content (AvgIpc) is 2.37. The molecule has 0 bridgehead atoms. The predicted octanol–water partition coefficient (Wildman–Crippen LogP) is 1.11. The van der Waals surface area contributed by atoms with Gasteiger partial charge in [-0.3, -0.25) is 9.88 Å². The second-order valence-corrected chi connectivity index (χ2v) is 3.87. The maximum Gasteiger partial charge on any atom is 0.144 e. The van der Waals surface area contributed by atoms with Gasteiger partial charge in [-0.05, 0) is 19.9 Å². The molecule has 0 aliphatic heterocycles. The Morgan fingerprint density at radius 2 is 2.12 bits per heavy atom. The van der Waals surface area contributed by atoms with E-state index in [1.165, 1.54) is 0 Å². The fraction of sp³-hybridized carbons (Fsp3) is 0.667. The van der Waals surface area contributed by atoms with Crippen LogP contribution in [0.1, 0.15) is 26.0 Å². The molecule has 0 aliphatic rings. The Morgan fingerprint density at radius 1 is 1.29 bits per heavy atom. The lowest BCUT2D eigenvalue weighted by atomic mass is 10.3. The van der Waals surface area contributed by atoms with Crippen molar-refractivity contribution in [2.24, 2.45) is 0 Å². The minimum atomic E-state index is 0.238. The summed E-state index contributed by atoms with van der Waals surface area (Å²) < 4.78 is 0. The number of nitrogens with zero attached hydrogens (tertiary/aromatic N) is 3. The van der Waals surface area contributed by atoms with Crippen LogP contribution in [-0.4, -0.2) is 46.2 Å². The van der Waals surface area contributed by atoms with Crippen LogP contribution < -0.4 is 5.32 Å². The Balaban J connectivity index is 2.48. The summed E-state index contributed by atoms with van der Waals surface area (Å²) in [6.07, 6.45) is 4.37. The SMILES string of the molecule is CCNc1cnc(CN(CC)CCCO)cn1. The van der Waals surface area contributed by atoms with Crippen molar-refractivity contribution >= 4 is 5.82 Å². The molecule has 1 rings (SSSR count). The minimum absolute atomic E-state index is 0.238. The largest absolute Gasteiger partial charge is 0.396 e. The maximum atomic E-state index is 8.81. The highest BCUT2D eigenvalue weighted by molar-refractivity contribution is 5.30. The first-order valence-electron chi connectivity index (χ1n) is 6.18. The van der Waals surface area contributed by atoms with Crippen LogP contribution in [0.5, 0.6) is 0 Å². The second-order valence-electron chi connectivity index (χ2n) is 3.87. The van der Waals surface area contributed by atoms with E-state index in [0.29, 0.717) is 0 Å². The summed E-state index contributed by atoms with van der Waals surface area (Å²) in [4.78, 5) is 10.9. The summed E-state index contributed by atoms with van der Waals surface area (Å²) >= 11 is 0. The van der Waals surface area contributed by atoms with Crippen molar-refractivity contribution in [2.75, 3.05) is 31.6 Å². The molecule has 0 radical (unpaired) electrons. The van der Waals surface area contributed by atoms with Gasteiger partial charge in [-0.15, -0.1) is 0 Å².